The molecule has 0 spiro atoms. The van der Waals surface area contributed by atoms with Crippen LogP contribution in [0, 0.1) is 6.92 Å². The fraction of sp³-hybridized carbons (Fsp3) is 0.333. The van der Waals surface area contributed by atoms with E-state index in [1.54, 1.807) is 0 Å². The summed E-state index contributed by atoms with van der Waals surface area (Å²) in [4.78, 5) is 10.3. The lowest BCUT2D eigenvalue weighted by molar-refractivity contribution is -0.142. The van der Waals surface area contributed by atoms with E-state index in [1.165, 1.54) is 6.92 Å². The minimum atomic E-state index is -4.69. The average molecular weight is 229 g/mol. The van der Waals surface area contributed by atoms with Crippen molar-refractivity contribution < 1.29 is 22.7 Å². The van der Waals surface area contributed by atoms with Gasteiger partial charge in [0.1, 0.15) is 0 Å². The number of aromatic amines is 1. The molecule has 8 heteroatoms. The Bertz CT molecular complexity index is 360. The standard InChI is InChI=1S/C6H4ClF3N2O2/c1-2-3(14-5(7)13)4(12-11-2)6(8,9)10/h1H3,(H,11,12). The SMILES string of the molecule is Cc1[nH]nc(C(F)(F)F)c1OC(=O)Cl. The van der Waals surface area contributed by atoms with E-state index in [4.69, 9.17) is 11.6 Å². The van der Waals surface area contributed by atoms with E-state index in [2.05, 4.69) is 9.84 Å². The molecule has 4 nitrogen and oxygen atoms in total. The van der Waals surface area contributed by atoms with Crippen LogP contribution in [0.3, 0.4) is 0 Å². The van der Waals surface area contributed by atoms with Crippen molar-refractivity contribution in [3.63, 3.8) is 0 Å². The number of H-pyrrole nitrogens is 1. The Morgan fingerprint density at radius 3 is 2.57 bits per heavy atom. The van der Waals surface area contributed by atoms with E-state index in [-0.39, 0.29) is 5.69 Å². The van der Waals surface area contributed by atoms with Crippen LogP contribution in [0.5, 0.6) is 5.75 Å². The smallest absolute Gasteiger partial charge is 0.410 e. The van der Waals surface area contributed by atoms with Gasteiger partial charge in [-0.2, -0.15) is 18.3 Å². The fourth-order valence-electron chi connectivity index (χ4n) is 0.816. The van der Waals surface area contributed by atoms with E-state index in [1.807, 2.05) is 5.10 Å². The van der Waals surface area contributed by atoms with Crippen LogP contribution in [0.15, 0.2) is 0 Å². The molecule has 0 aliphatic rings. The van der Waals surface area contributed by atoms with Gasteiger partial charge >= 0.3 is 11.6 Å². The molecule has 0 aromatic carbocycles. The number of hydrogen-bond acceptors (Lipinski definition) is 3. The lowest BCUT2D eigenvalue weighted by Gasteiger charge is -2.04. The van der Waals surface area contributed by atoms with Gasteiger partial charge < -0.3 is 4.74 Å². The summed E-state index contributed by atoms with van der Waals surface area (Å²) in [7, 11) is 0. The minimum Gasteiger partial charge on any atom is -0.410 e. The van der Waals surface area contributed by atoms with Gasteiger partial charge in [-0.3, -0.25) is 5.10 Å². The Kier molecular flexibility index (Phi) is 2.70. The van der Waals surface area contributed by atoms with Gasteiger partial charge in [-0.05, 0) is 6.92 Å². The number of aryl methyl sites for hydroxylation is 1. The lowest BCUT2D eigenvalue weighted by atomic mass is 10.3. The van der Waals surface area contributed by atoms with Crippen molar-refractivity contribution in [2.24, 2.45) is 0 Å². The molecule has 1 N–H and O–H groups in total. The molecule has 0 unspecified atom stereocenters. The molecule has 0 atom stereocenters. The van der Waals surface area contributed by atoms with Crippen LogP contribution < -0.4 is 4.74 Å². The second-order valence-corrected chi connectivity index (χ2v) is 2.67. The van der Waals surface area contributed by atoms with Crippen molar-refractivity contribution in [3.05, 3.63) is 11.4 Å². The number of nitrogens with zero attached hydrogens (tertiary/aromatic N) is 1. The summed E-state index contributed by atoms with van der Waals surface area (Å²) >= 11 is 4.79. The van der Waals surface area contributed by atoms with Gasteiger partial charge in [-0.25, -0.2) is 4.79 Å². The van der Waals surface area contributed by atoms with Crippen LogP contribution >= 0.6 is 11.6 Å². The summed E-state index contributed by atoms with van der Waals surface area (Å²) in [6.45, 7) is 1.28. The maximum Gasteiger partial charge on any atom is 0.438 e. The zero-order chi connectivity index (χ0) is 10.9. The summed E-state index contributed by atoms with van der Waals surface area (Å²) in [5.41, 5.74) is -2.67. The van der Waals surface area contributed by atoms with Crippen molar-refractivity contribution in [2.45, 2.75) is 13.1 Å². The highest BCUT2D eigenvalue weighted by molar-refractivity contribution is 6.61. The van der Waals surface area contributed by atoms with E-state index >= 15 is 0 Å². The first kappa shape index (κ1) is 10.8. The summed E-state index contributed by atoms with van der Waals surface area (Å²) < 4.78 is 40.7. The molecule has 0 aliphatic carbocycles. The predicted molar refractivity (Wildman–Crippen MR) is 40.2 cm³/mol. The Morgan fingerprint density at radius 1 is 1.57 bits per heavy atom. The Hall–Kier alpha value is -1.24. The summed E-state index contributed by atoms with van der Waals surface area (Å²) in [5, 5.41) is 5.00. The first-order valence-corrected chi connectivity index (χ1v) is 3.69. The largest absolute Gasteiger partial charge is 0.438 e. The van der Waals surface area contributed by atoms with Crippen LogP contribution in [0.1, 0.15) is 11.4 Å². The Morgan fingerprint density at radius 2 is 2.14 bits per heavy atom. The molecule has 0 radical (unpaired) electrons. The fourth-order valence-corrected chi connectivity index (χ4v) is 0.893. The normalized spacial score (nSPS) is 11.5. The van der Waals surface area contributed by atoms with Crippen molar-refractivity contribution in [3.8, 4) is 5.75 Å². The van der Waals surface area contributed by atoms with Gasteiger partial charge in [0.2, 0.25) is 5.69 Å². The van der Waals surface area contributed by atoms with Crippen LogP contribution in [-0.4, -0.2) is 15.6 Å². The average Bonchev–Trinajstić information content (AvgIpc) is 2.30. The van der Waals surface area contributed by atoms with E-state index in [9.17, 15) is 18.0 Å². The van der Waals surface area contributed by atoms with E-state index in [0.29, 0.717) is 0 Å². The number of rotatable bonds is 1. The number of ether oxygens (including phenoxy) is 1. The topological polar surface area (TPSA) is 55.0 Å². The Labute approximate surface area is 81.0 Å². The van der Waals surface area contributed by atoms with Gasteiger partial charge in [0.15, 0.2) is 5.75 Å². The number of hydrogen-bond donors (Lipinski definition) is 1. The third-order valence-corrected chi connectivity index (χ3v) is 1.42. The van der Waals surface area contributed by atoms with Gasteiger partial charge in [-0.15, -0.1) is 0 Å². The maximum atomic E-state index is 12.2. The highest BCUT2D eigenvalue weighted by atomic mass is 35.5. The monoisotopic (exact) mass is 228 g/mol. The molecule has 0 saturated carbocycles. The summed E-state index contributed by atoms with van der Waals surface area (Å²) in [6.07, 6.45) is -4.69. The molecule has 0 amide bonds. The summed E-state index contributed by atoms with van der Waals surface area (Å²) in [5.74, 6) is -0.697. The number of carbonyl (C=O) groups is 1. The van der Waals surface area contributed by atoms with Gasteiger partial charge in [0.25, 0.3) is 0 Å². The lowest BCUT2D eigenvalue weighted by Crippen LogP contribution is -2.09. The molecule has 14 heavy (non-hydrogen) atoms. The van der Waals surface area contributed by atoms with Gasteiger partial charge in [0, 0.05) is 11.6 Å². The molecule has 1 heterocycles. The van der Waals surface area contributed by atoms with Gasteiger partial charge in [0.05, 0.1) is 5.69 Å². The van der Waals surface area contributed by atoms with E-state index < -0.39 is 23.0 Å². The highest BCUT2D eigenvalue weighted by Crippen LogP contribution is 2.36. The Balaban J connectivity index is 3.13. The van der Waals surface area contributed by atoms with Gasteiger partial charge in [-0.1, -0.05) is 0 Å². The molecule has 0 aliphatic heterocycles. The zero-order valence-corrected chi connectivity index (χ0v) is 7.53. The highest BCUT2D eigenvalue weighted by Gasteiger charge is 2.39. The number of carbonyl (C=O) groups excluding carboxylic acids is 1. The molecular formula is C6H4ClF3N2O2. The van der Waals surface area contributed by atoms with E-state index in [0.717, 1.165) is 0 Å². The first-order valence-electron chi connectivity index (χ1n) is 3.32. The van der Waals surface area contributed by atoms with Crippen LogP contribution in [-0.2, 0) is 6.18 Å². The predicted octanol–water partition coefficient (Wildman–Crippen LogP) is 2.47. The number of alkyl halides is 3. The van der Waals surface area contributed by atoms with Crippen molar-refractivity contribution >= 4 is 17.0 Å². The molecule has 0 saturated heterocycles. The van der Waals surface area contributed by atoms with Crippen LogP contribution in [0.25, 0.3) is 0 Å². The molecule has 0 bridgehead atoms. The maximum absolute atomic E-state index is 12.2. The second-order valence-electron chi connectivity index (χ2n) is 2.36. The molecule has 78 valence electrons. The molecule has 1 aromatic rings. The third kappa shape index (κ3) is 2.16. The number of nitrogens with one attached hydrogen (secondary N) is 1. The van der Waals surface area contributed by atoms with Crippen LogP contribution in [0.2, 0.25) is 0 Å². The minimum absolute atomic E-state index is 0.0219. The van der Waals surface area contributed by atoms with Crippen molar-refractivity contribution in [1.82, 2.24) is 10.2 Å². The second kappa shape index (κ2) is 3.49. The summed E-state index contributed by atoms with van der Waals surface area (Å²) in [6, 6.07) is 0. The van der Waals surface area contributed by atoms with Crippen LogP contribution in [0.4, 0.5) is 18.0 Å². The van der Waals surface area contributed by atoms with Crippen molar-refractivity contribution in [1.29, 1.82) is 0 Å². The zero-order valence-electron chi connectivity index (χ0n) is 6.78. The first-order chi connectivity index (χ1) is 6.32. The molecular weight excluding hydrogens is 225 g/mol. The quantitative estimate of drug-likeness (QED) is 0.752. The number of halogens is 4. The van der Waals surface area contributed by atoms with Crippen molar-refractivity contribution in [2.75, 3.05) is 0 Å². The molecule has 1 aromatic heterocycles. The molecule has 0 fully saturated rings. The third-order valence-electron chi connectivity index (χ3n) is 1.34. The number of aromatic nitrogens is 2. The molecule has 1 rings (SSSR count).